The number of aldehydes is 1. The van der Waals surface area contributed by atoms with Gasteiger partial charge in [0.05, 0.1) is 24.8 Å². The molecule has 0 spiro atoms. The quantitative estimate of drug-likeness (QED) is 0.0213. The molecule has 0 aliphatic carbocycles. The van der Waals surface area contributed by atoms with Gasteiger partial charge in [-0.3, -0.25) is 14.5 Å². The van der Waals surface area contributed by atoms with Crippen molar-refractivity contribution in [1.82, 2.24) is 9.80 Å². The minimum absolute atomic E-state index is 0. The molecule has 0 aromatic heterocycles. The van der Waals surface area contributed by atoms with Crippen LogP contribution in [0.15, 0.2) is 97.1 Å². The molecular formula is C54H82N2O8. The molecule has 4 aromatic carbocycles. The van der Waals surface area contributed by atoms with Crippen molar-refractivity contribution in [1.29, 1.82) is 0 Å². The van der Waals surface area contributed by atoms with E-state index in [0.29, 0.717) is 30.5 Å². The van der Waals surface area contributed by atoms with E-state index < -0.39 is 6.10 Å². The van der Waals surface area contributed by atoms with Gasteiger partial charge >= 0.3 is 0 Å². The lowest BCUT2D eigenvalue weighted by Gasteiger charge is -2.21. The number of rotatable bonds is 32. The van der Waals surface area contributed by atoms with Gasteiger partial charge in [0, 0.05) is 44.1 Å². The van der Waals surface area contributed by atoms with Crippen molar-refractivity contribution in [3.05, 3.63) is 130 Å². The van der Waals surface area contributed by atoms with Gasteiger partial charge in [-0.25, -0.2) is 0 Å². The number of nitrogens with zero attached hydrogens (tertiary/aromatic N) is 2. The summed E-state index contributed by atoms with van der Waals surface area (Å²) in [5.41, 5.74) is 4.55. The standard InChI is InChI=1S/C26H39NO4.C26H35NO4.2CH4/c2*1-27(20-26(30)23-14-15-25(29)24(19-23)21-28)16-8-2-3-9-17-31-18-10-7-13-22-11-5-4-6-12-22;;/h4-6,11-12,14-15,19,26,28-30H,2-3,7-10,13,16-18,20-21H2,1H3;4-6,11-12,14-15,19,21,29H,2-3,7-10,13,16-18,20H2,1H3;2*1H4. The van der Waals surface area contributed by atoms with Gasteiger partial charge in [0.25, 0.3) is 0 Å². The molecule has 0 fully saturated rings. The molecule has 10 heteroatoms. The van der Waals surface area contributed by atoms with Crippen molar-refractivity contribution in [2.45, 2.75) is 117 Å². The summed E-state index contributed by atoms with van der Waals surface area (Å²) in [6.07, 6.45) is 15.6. The summed E-state index contributed by atoms with van der Waals surface area (Å²) in [4.78, 5) is 27.4. The molecular weight excluding hydrogens is 805 g/mol. The number of carbonyl (C=O) groups is 2. The molecule has 4 N–H and O–H groups in total. The molecule has 0 saturated heterocycles. The molecule has 0 bridgehead atoms. The number of hydrogen-bond donors (Lipinski definition) is 4. The maximum absolute atomic E-state index is 12.3. The number of aliphatic hydroxyl groups excluding tert-OH is 2. The number of Topliss-reactive ketones (excluding diaryl/α,β-unsaturated/α-hetero) is 1. The first-order valence-corrected chi connectivity index (χ1v) is 22.7. The van der Waals surface area contributed by atoms with Crippen LogP contribution in [0.1, 0.15) is 141 Å². The lowest BCUT2D eigenvalue weighted by molar-refractivity contribution is 0.0945. The third kappa shape index (κ3) is 25.2. The fraction of sp³-hybridized carbons (Fsp3) is 0.519. The van der Waals surface area contributed by atoms with Gasteiger partial charge in [-0.15, -0.1) is 0 Å². The number of aryl methyl sites for hydroxylation is 2. The van der Waals surface area contributed by atoms with E-state index in [4.69, 9.17) is 9.47 Å². The number of phenols is 2. The number of benzene rings is 4. The predicted molar refractivity (Wildman–Crippen MR) is 263 cm³/mol. The largest absolute Gasteiger partial charge is 0.508 e. The number of aliphatic hydroxyl groups is 2. The van der Waals surface area contributed by atoms with E-state index >= 15 is 0 Å². The van der Waals surface area contributed by atoms with Crippen molar-refractivity contribution >= 4 is 12.1 Å². The van der Waals surface area contributed by atoms with E-state index in [1.165, 1.54) is 35.7 Å². The summed E-state index contributed by atoms with van der Waals surface area (Å²) in [5.74, 6) is -0.0923. The molecule has 0 amide bonds. The minimum Gasteiger partial charge on any atom is -0.508 e. The molecule has 64 heavy (non-hydrogen) atoms. The van der Waals surface area contributed by atoms with Crippen LogP contribution in [0.2, 0.25) is 0 Å². The van der Waals surface area contributed by atoms with Gasteiger partial charge in [-0.2, -0.15) is 0 Å². The number of likely N-dealkylation sites (N-methyl/N-ethyl adjacent to an activating group) is 2. The average Bonchev–Trinajstić information content (AvgIpc) is 3.28. The third-order valence-corrected chi connectivity index (χ3v) is 10.9. The first-order valence-electron chi connectivity index (χ1n) is 22.7. The zero-order valence-corrected chi connectivity index (χ0v) is 37.5. The van der Waals surface area contributed by atoms with Crippen molar-refractivity contribution in [2.75, 3.05) is 66.7 Å². The Labute approximate surface area is 386 Å². The maximum Gasteiger partial charge on any atom is 0.176 e. The summed E-state index contributed by atoms with van der Waals surface area (Å²) in [7, 11) is 3.94. The van der Waals surface area contributed by atoms with Crippen molar-refractivity contribution < 1.29 is 39.5 Å². The number of phenolic OH excluding ortho intramolecular Hbond substituents is 1. The van der Waals surface area contributed by atoms with Gasteiger partial charge in [0.2, 0.25) is 0 Å². The fourth-order valence-corrected chi connectivity index (χ4v) is 7.11. The summed E-state index contributed by atoms with van der Waals surface area (Å²) < 4.78 is 11.5. The number of ketones is 1. The zero-order valence-electron chi connectivity index (χ0n) is 37.5. The number of aromatic hydroxyl groups is 2. The molecule has 0 aliphatic rings. The topological polar surface area (TPSA) is 140 Å². The van der Waals surface area contributed by atoms with Crippen LogP contribution in [0.4, 0.5) is 0 Å². The van der Waals surface area contributed by atoms with Gasteiger partial charge in [0.15, 0.2) is 12.1 Å². The van der Waals surface area contributed by atoms with E-state index in [-0.39, 0.29) is 44.3 Å². The summed E-state index contributed by atoms with van der Waals surface area (Å²) in [6, 6.07) is 30.4. The second-order valence-corrected chi connectivity index (χ2v) is 16.3. The van der Waals surface area contributed by atoms with Crippen LogP contribution in [0.5, 0.6) is 11.5 Å². The Hall–Kier alpha value is -4.42. The highest BCUT2D eigenvalue weighted by Gasteiger charge is 2.14. The molecule has 0 heterocycles. The SMILES string of the molecule is C.C.CN(CCCCCCOCCCCc1ccccc1)CC(=O)c1ccc(O)c(C=O)c1.CN(CCCCCCOCCCCc1ccccc1)CC(O)c1ccc(O)c(CO)c1. The highest BCUT2D eigenvalue weighted by Crippen LogP contribution is 2.23. The zero-order chi connectivity index (χ0) is 44.6. The molecule has 4 aromatic rings. The van der Waals surface area contributed by atoms with Crippen LogP contribution in [-0.4, -0.2) is 109 Å². The van der Waals surface area contributed by atoms with E-state index in [2.05, 4.69) is 59.5 Å². The Morgan fingerprint density at radius 3 is 1.61 bits per heavy atom. The van der Waals surface area contributed by atoms with Crippen molar-refractivity contribution in [3.63, 3.8) is 0 Å². The molecule has 4 rings (SSSR count). The Bertz CT molecular complexity index is 1770. The van der Waals surface area contributed by atoms with Crippen LogP contribution in [0.25, 0.3) is 0 Å². The minimum atomic E-state index is -0.633. The van der Waals surface area contributed by atoms with Gasteiger partial charge < -0.3 is 34.8 Å². The maximum atomic E-state index is 12.3. The number of hydrogen-bond acceptors (Lipinski definition) is 10. The smallest absolute Gasteiger partial charge is 0.176 e. The van der Waals surface area contributed by atoms with E-state index in [9.17, 15) is 30.0 Å². The second-order valence-electron chi connectivity index (χ2n) is 16.3. The Morgan fingerprint density at radius 1 is 0.609 bits per heavy atom. The van der Waals surface area contributed by atoms with Gasteiger partial charge in [-0.1, -0.05) is 107 Å². The third-order valence-electron chi connectivity index (χ3n) is 10.9. The van der Waals surface area contributed by atoms with Crippen LogP contribution in [-0.2, 0) is 28.9 Å². The second kappa shape index (κ2) is 35.9. The first-order chi connectivity index (χ1) is 30.2. The lowest BCUT2D eigenvalue weighted by Crippen LogP contribution is -2.27. The highest BCUT2D eigenvalue weighted by molar-refractivity contribution is 5.99. The molecule has 0 saturated carbocycles. The normalized spacial score (nSPS) is 11.3. The van der Waals surface area contributed by atoms with Crippen LogP contribution in [0, 0.1) is 0 Å². The molecule has 1 atom stereocenters. The van der Waals surface area contributed by atoms with Crippen LogP contribution < -0.4 is 0 Å². The Kier molecular flexibility index (Phi) is 32.3. The molecule has 10 nitrogen and oxygen atoms in total. The van der Waals surface area contributed by atoms with Crippen molar-refractivity contribution in [2.24, 2.45) is 0 Å². The summed E-state index contributed by atoms with van der Waals surface area (Å²) in [5, 5.41) is 38.8. The van der Waals surface area contributed by atoms with Crippen LogP contribution >= 0.6 is 0 Å². The van der Waals surface area contributed by atoms with Gasteiger partial charge in [-0.05, 0) is 138 Å². The van der Waals surface area contributed by atoms with E-state index in [1.54, 1.807) is 18.2 Å². The Balaban J connectivity index is 0.000000621. The molecule has 0 radical (unpaired) electrons. The molecule has 356 valence electrons. The number of carbonyl (C=O) groups excluding carboxylic acids is 2. The summed E-state index contributed by atoms with van der Waals surface area (Å²) >= 11 is 0. The Morgan fingerprint density at radius 2 is 1.09 bits per heavy atom. The lowest BCUT2D eigenvalue weighted by atomic mass is 10.0. The van der Waals surface area contributed by atoms with E-state index in [0.717, 1.165) is 129 Å². The fourth-order valence-electron chi connectivity index (χ4n) is 7.11. The predicted octanol–water partition coefficient (Wildman–Crippen LogP) is 10.6. The van der Waals surface area contributed by atoms with Gasteiger partial charge in [0.1, 0.15) is 11.5 Å². The number of ether oxygens (including phenoxy) is 2. The number of unbranched alkanes of at least 4 members (excludes halogenated alkanes) is 8. The van der Waals surface area contributed by atoms with Crippen molar-refractivity contribution in [3.8, 4) is 11.5 Å². The van der Waals surface area contributed by atoms with E-state index in [1.807, 2.05) is 25.1 Å². The molecule has 1 unspecified atom stereocenters. The monoisotopic (exact) mass is 887 g/mol. The first kappa shape index (κ1) is 57.6. The van der Waals surface area contributed by atoms with Crippen LogP contribution in [0.3, 0.4) is 0 Å². The average molecular weight is 887 g/mol. The summed E-state index contributed by atoms with van der Waals surface area (Å²) in [6.45, 7) is 5.72. The highest BCUT2D eigenvalue weighted by atomic mass is 16.5. The molecule has 0 aliphatic heterocycles.